The van der Waals surface area contributed by atoms with E-state index < -0.39 is 17.8 Å². The number of anilines is 1. The Morgan fingerprint density at radius 2 is 2.00 bits per heavy atom. The van der Waals surface area contributed by atoms with Crippen LogP contribution >= 0.6 is 0 Å². The lowest BCUT2D eigenvalue weighted by atomic mass is 10.0. The van der Waals surface area contributed by atoms with Crippen LogP contribution in [0.3, 0.4) is 0 Å². The fourth-order valence-electron chi connectivity index (χ4n) is 3.39. The van der Waals surface area contributed by atoms with Gasteiger partial charge in [0, 0.05) is 37.8 Å². The van der Waals surface area contributed by atoms with Crippen molar-refractivity contribution in [3.05, 3.63) is 53.0 Å². The van der Waals surface area contributed by atoms with Gasteiger partial charge in [0.25, 0.3) is 5.91 Å². The number of nitrogens with one attached hydrogen (secondary N) is 3. The van der Waals surface area contributed by atoms with Crippen molar-refractivity contribution < 1.29 is 18.0 Å². The molecule has 1 aliphatic heterocycles. The molecule has 0 unspecified atom stereocenters. The maximum absolute atomic E-state index is 13.4. The van der Waals surface area contributed by atoms with Crippen molar-refractivity contribution in [1.29, 1.82) is 0 Å². The third-order valence-electron chi connectivity index (χ3n) is 4.67. The number of halogens is 3. The number of fused-ring (bicyclic) bond motifs is 1. The van der Waals surface area contributed by atoms with Crippen LogP contribution in [0.1, 0.15) is 27.4 Å². The second-order valence-corrected chi connectivity index (χ2v) is 6.46. The van der Waals surface area contributed by atoms with Crippen LogP contribution < -0.4 is 10.6 Å². The number of hydrogen-bond donors (Lipinski definition) is 3. The van der Waals surface area contributed by atoms with Crippen molar-refractivity contribution in [2.75, 3.05) is 11.9 Å². The Morgan fingerprint density at radius 1 is 1.25 bits per heavy atom. The van der Waals surface area contributed by atoms with Gasteiger partial charge in [0.15, 0.2) is 11.5 Å². The first-order valence-electron chi connectivity index (χ1n) is 8.64. The van der Waals surface area contributed by atoms with E-state index in [9.17, 15) is 18.0 Å². The Hall–Kier alpha value is -3.14. The van der Waals surface area contributed by atoms with Gasteiger partial charge in [-0.2, -0.15) is 23.4 Å². The van der Waals surface area contributed by atoms with Gasteiger partial charge in [0.1, 0.15) is 5.69 Å². The Morgan fingerprint density at radius 3 is 2.71 bits per heavy atom. The molecule has 2 aromatic heterocycles. The Kier molecular flexibility index (Phi) is 4.42. The maximum Gasteiger partial charge on any atom is 0.433 e. The lowest BCUT2D eigenvalue weighted by Gasteiger charge is -2.14. The van der Waals surface area contributed by atoms with Crippen molar-refractivity contribution in [2.45, 2.75) is 19.1 Å². The topological polar surface area (TPSA) is 87.6 Å². The largest absolute Gasteiger partial charge is 0.433 e. The van der Waals surface area contributed by atoms with Crippen molar-refractivity contribution in [2.24, 2.45) is 7.05 Å². The summed E-state index contributed by atoms with van der Waals surface area (Å²) in [6.45, 7) is 1.26. The van der Waals surface area contributed by atoms with E-state index in [-0.39, 0.29) is 17.1 Å². The summed E-state index contributed by atoms with van der Waals surface area (Å²) in [5.74, 6) is -0.787. The molecule has 3 N–H and O–H groups in total. The summed E-state index contributed by atoms with van der Waals surface area (Å²) < 4.78 is 41.9. The molecule has 7 nitrogen and oxygen atoms in total. The minimum Gasteiger partial charge on any atom is -0.312 e. The summed E-state index contributed by atoms with van der Waals surface area (Å²) in [6, 6.07) is 8.00. The van der Waals surface area contributed by atoms with Crippen molar-refractivity contribution in [1.82, 2.24) is 25.3 Å². The highest BCUT2D eigenvalue weighted by Gasteiger charge is 2.38. The summed E-state index contributed by atoms with van der Waals surface area (Å²) >= 11 is 0. The molecule has 0 atom stereocenters. The Labute approximate surface area is 157 Å². The van der Waals surface area contributed by atoms with Gasteiger partial charge in [-0.25, -0.2) is 0 Å². The average molecular weight is 390 g/mol. The maximum atomic E-state index is 13.4. The standard InChI is InChI=1S/C18H17F3N6O/c1-27-12-7-8-22-9-11(12)14(26-27)17(28)23-16-13(10-5-3-2-4-6-10)15(24-25-16)18(19,20)21/h2-6,22H,7-9H2,1H3,(H2,23,24,25,28). The van der Waals surface area contributed by atoms with Crippen LogP contribution in [0.15, 0.2) is 30.3 Å². The number of aryl methyl sites for hydroxylation is 1. The molecule has 0 saturated carbocycles. The van der Waals surface area contributed by atoms with Crippen LogP contribution in [-0.2, 0) is 26.2 Å². The summed E-state index contributed by atoms with van der Waals surface area (Å²) in [5, 5.41) is 15.6. The molecule has 1 amide bonds. The molecule has 146 valence electrons. The fourth-order valence-corrected chi connectivity index (χ4v) is 3.39. The van der Waals surface area contributed by atoms with E-state index in [0.717, 1.165) is 24.2 Å². The van der Waals surface area contributed by atoms with Gasteiger partial charge in [0.2, 0.25) is 0 Å². The van der Waals surface area contributed by atoms with Crippen LogP contribution in [0.2, 0.25) is 0 Å². The van der Waals surface area contributed by atoms with Gasteiger partial charge in [-0.15, -0.1) is 0 Å². The molecule has 1 aromatic carbocycles. The number of carbonyl (C=O) groups is 1. The minimum atomic E-state index is -4.64. The first-order valence-corrected chi connectivity index (χ1v) is 8.64. The molecule has 0 bridgehead atoms. The highest BCUT2D eigenvalue weighted by molar-refractivity contribution is 6.05. The number of nitrogens with zero attached hydrogens (tertiary/aromatic N) is 3. The number of benzene rings is 1. The van der Waals surface area contributed by atoms with Crippen LogP contribution in [0, 0.1) is 0 Å². The number of aromatic nitrogens is 4. The summed E-state index contributed by atoms with van der Waals surface area (Å²) in [4.78, 5) is 12.8. The predicted molar refractivity (Wildman–Crippen MR) is 95.6 cm³/mol. The van der Waals surface area contributed by atoms with E-state index in [2.05, 4.69) is 20.8 Å². The molecular weight excluding hydrogens is 373 g/mol. The zero-order valence-corrected chi connectivity index (χ0v) is 14.9. The van der Waals surface area contributed by atoms with E-state index in [1.807, 2.05) is 5.10 Å². The number of rotatable bonds is 3. The second-order valence-electron chi connectivity index (χ2n) is 6.46. The number of H-pyrrole nitrogens is 1. The van der Waals surface area contributed by atoms with E-state index >= 15 is 0 Å². The van der Waals surface area contributed by atoms with Gasteiger partial charge in [-0.1, -0.05) is 30.3 Å². The third-order valence-corrected chi connectivity index (χ3v) is 4.67. The van der Waals surface area contributed by atoms with E-state index in [1.165, 1.54) is 12.1 Å². The number of hydrogen-bond acceptors (Lipinski definition) is 4. The quantitative estimate of drug-likeness (QED) is 0.642. The zero-order valence-electron chi connectivity index (χ0n) is 14.9. The molecule has 0 saturated heterocycles. The summed E-state index contributed by atoms with van der Waals surface area (Å²) in [7, 11) is 1.74. The van der Waals surface area contributed by atoms with Gasteiger partial charge in [-0.05, 0) is 5.56 Å². The van der Waals surface area contributed by atoms with Crippen LogP contribution in [0.25, 0.3) is 11.1 Å². The van der Waals surface area contributed by atoms with E-state index in [4.69, 9.17) is 0 Å². The average Bonchev–Trinajstić information content (AvgIpc) is 3.24. The van der Waals surface area contributed by atoms with Crippen molar-refractivity contribution in [3.63, 3.8) is 0 Å². The third kappa shape index (κ3) is 3.15. The first kappa shape index (κ1) is 18.2. The molecule has 10 heteroatoms. The van der Waals surface area contributed by atoms with Crippen LogP contribution in [0.4, 0.5) is 19.0 Å². The monoisotopic (exact) mass is 390 g/mol. The molecule has 0 radical (unpaired) electrons. The minimum absolute atomic E-state index is 0.181. The number of amides is 1. The molecule has 0 spiro atoms. The lowest BCUT2D eigenvalue weighted by molar-refractivity contribution is -0.140. The molecule has 4 rings (SSSR count). The van der Waals surface area contributed by atoms with Gasteiger partial charge < -0.3 is 10.6 Å². The molecule has 1 aliphatic rings. The molecular formula is C18H17F3N6O. The second kappa shape index (κ2) is 6.79. The summed E-state index contributed by atoms with van der Waals surface area (Å²) in [6.07, 6.45) is -3.92. The number of aromatic amines is 1. The fraction of sp³-hybridized carbons (Fsp3) is 0.278. The van der Waals surface area contributed by atoms with Gasteiger partial charge >= 0.3 is 6.18 Å². The number of alkyl halides is 3. The highest BCUT2D eigenvalue weighted by Crippen LogP contribution is 2.39. The Balaban J connectivity index is 1.73. The predicted octanol–water partition coefficient (Wildman–Crippen LogP) is 2.73. The van der Waals surface area contributed by atoms with Crippen molar-refractivity contribution >= 4 is 11.7 Å². The smallest absolute Gasteiger partial charge is 0.312 e. The molecule has 3 heterocycles. The SMILES string of the molecule is Cn1nc(C(=O)Nc2n[nH]c(C(F)(F)F)c2-c2ccccc2)c2c1CCNC2. The molecule has 28 heavy (non-hydrogen) atoms. The lowest BCUT2D eigenvalue weighted by Crippen LogP contribution is -2.26. The van der Waals surface area contributed by atoms with E-state index in [1.54, 1.807) is 29.9 Å². The highest BCUT2D eigenvalue weighted by atomic mass is 19.4. The number of carbonyl (C=O) groups excluding carboxylic acids is 1. The molecule has 3 aromatic rings. The summed E-state index contributed by atoms with van der Waals surface area (Å²) in [5.41, 5.74) is 0.941. The first-order chi connectivity index (χ1) is 13.4. The molecule has 0 fully saturated rings. The van der Waals surface area contributed by atoms with Crippen LogP contribution in [-0.4, -0.2) is 32.4 Å². The van der Waals surface area contributed by atoms with Gasteiger partial charge in [-0.3, -0.25) is 14.6 Å². The zero-order chi connectivity index (χ0) is 19.9. The normalized spacial score (nSPS) is 14.0. The Bertz CT molecular complexity index is 1020. The van der Waals surface area contributed by atoms with Crippen LogP contribution in [0.5, 0.6) is 0 Å². The van der Waals surface area contributed by atoms with E-state index in [0.29, 0.717) is 12.1 Å². The van der Waals surface area contributed by atoms with Gasteiger partial charge in [0.05, 0.1) is 5.56 Å². The van der Waals surface area contributed by atoms with Crippen molar-refractivity contribution in [3.8, 4) is 11.1 Å². The molecule has 0 aliphatic carbocycles.